The number of hydrogen-bond donors (Lipinski definition) is 2. The third-order valence-electron chi connectivity index (χ3n) is 16.1. The van der Waals surface area contributed by atoms with E-state index in [0.717, 1.165) is 0 Å². The fourth-order valence-electron chi connectivity index (χ4n) is 10.8. The lowest BCUT2D eigenvalue weighted by Gasteiger charge is -2.06. The highest BCUT2D eigenvalue weighted by molar-refractivity contribution is 4.82. The Balaban J connectivity index is 0. The van der Waals surface area contributed by atoms with Crippen LogP contribution >= 0.6 is 0 Å². The van der Waals surface area contributed by atoms with E-state index in [1.807, 2.05) is 0 Å². The zero-order chi connectivity index (χ0) is 53.5. The number of unbranched alkanes of at least 4 members (excludes halogenated alkanes) is 54. The van der Waals surface area contributed by atoms with Gasteiger partial charge in [0.15, 0.2) is 0 Å². The Hall–Kier alpha value is -0.600. The molecule has 2 N–H and O–H groups in total. The fraction of sp³-hybridized carbons (Fsp3) is 0.944. The SMILES string of the molecule is CCCCCCCC/C=C\CCCCCCCCNCCCCCCCC/C=C\CCCCCCCC.CCCCCCCCCCCCCCCCCCNCCCCCCCCCCCCCCCCCC. The quantitative estimate of drug-likeness (QED) is 0.0469. The van der Waals surface area contributed by atoms with Gasteiger partial charge in [0.1, 0.15) is 0 Å². The molecule has 0 aromatic rings. The lowest BCUT2D eigenvalue weighted by molar-refractivity contribution is 0.515. The summed E-state index contributed by atoms with van der Waals surface area (Å²) in [7, 11) is 0. The minimum absolute atomic E-state index is 1.23. The molecule has 2 heteroatoms. The van der Waals surface area contributed by atoms with Gasteiger partial charge in [-0.3, -0.25) is 0 Å². The van der Waals surface area contributed by atoms with Gasteiger partial charge in [-0.1, -0.05) is 360 Å². The molecular formula is C72H146N2. The Kier molecular flexibility index (Phi) is 78.2. The first-order chi connectivity index (χ1) is 36.8. The zero-order valence-corrected chi connectivity index (χ0v) is 52.6. The van der Waals surface area contributed by atoms with Crippen LogP contribution in [0.3, 0.4) is 0 Å². The zero-order valence-electron chi connectivity index (χ0n) is 52.6. The van der Waals surface area contributed by atoms with Gasteiger partial charge >= 0.3 is 0 Å². The number of nitrogens with one attached hydrogen (secondary N) is 2. The van der Waals surface area contributed by atoms with E-state index < -0.39 is 0 Å². The van der Waals surface area contributed by atoms with Crippen LogP contribution in [0.15, 0.2) is 24.3 Å². The fourth-order valence-corrected chi connectivity index (χ4v) is 10.8. The molecule has 0 aliphatic heterocycles. The van der Waals surface area contributed by atoms with Gasteiger partial charge < -0.3 is 10.6 Å². The van der Waals surface area contributed by atoms with Crippen LogP contribution in [0.4, 0.5) is 0 Å². The third kappa shape index (κ3) is 77.9. The number of allylic oxidation sites excluding steroid dienone is 4. The van der Waals surface area contributed by atoms with E-state index in [4.69, 9.17) is 0 Å². The maximum Gasteiger partial charge on any atom is -0.00489 e. The average Bonchev–Trinajstić information content (AvgIpc) is 3.41. The van der Waals surface area contributed by atoms with Crippen molar-refractivity contribution in [1.29, 1.82) is 0 Å². The molecule has 0 rings (SSSR count). The maximum absolute atomic E-state index is 3.68. The summed E-state index contributed by atoms with van der Waals surface area (Å²) in [5.74, 6) is 0. The average molecular weight is 1040 g/mol. The smallest absolute Gasteiger partial charge is 0.00489 e. The predicted molar refractivity (Wildman–Crippen MR) is 344 cm³/mol. The van der Waals surface area contributed by atoms with Gasteiger partial charge in [0.25, 0.3) is 0 Å². The predicted octanol–water partition coefficient (Wildman–Crippen LogP) is 25.8. The Morgan fingerprint density at radius 2 is 0.270 bits per heavy atom. The molecule has 0 spiro atoms. The molecule has 0 atom stereocenters. The monoisotopic (exact) mass is 1040 g/mol. The number of rotatable bonds is 66. The van der Waals surface area contributed by atoms with E-state index in [1.54, 1.807) is 0 Å². The van der Waals surface area contributed by atoms with Crippen molar-refractivity contribution in [3.8, 4) is 0 Å². The van der Waals surface area contributed by atoms with Crippen LogP contribution in [-0.4, -0.2) is 26.2 Å². The first-order valence-electron chi connectivity index (χ1n) is 35.5. The van der Waals surface area contributed by atoms with Crippen LogP contribution < -0.4 is 10.6 Å². The second-order valence-corrected chi connectivity index (χ2v) is 24.0. The maximum atomic E-state index is 3.68. The van der Waals surface area contributed by atoms with Crippen LogP contribution in [-0.2, 0) is 0 Å². The van der Waals surface area contributed by atoms with Gasteiger partial charge in [-0.2, -0.15) is 0 Å². The molecule has 0 saturated heterocycles. The molecule has 0 aliphatic rings. The second kappa shape index (κ2) is 76.6. The standard InChI is InChI=1S/C36H75N.C36H71N/c2*1-3-5-7-9-11-13-15-17-19-21-23-25-27-29-31-33-35-37-36-34-32-30-28-26-24-22-20-18-16-14-12-10-8-6-4-2/h37H,3-36H2,1-2H3;17-20,37H,3-16,21-36H2,1-2H3/b;19-17-,20-18-. The van der Waals surface area contributed by atoms with E-state index in [-0.39, 0.29) is 0 Å². The molecule has 0 unspecified atom stereocenters. The largest absolute Gasteiger partial charge is 0.317 e. The third-order valence-corrected chi connectivity index (χ3v) is 16.1. The normalized spacial score (nSPS) is 11.7. The summed E-state index contributed by atoms with van der Waals surface area (Å²) in [6, 6.07) is 0. The van der Waals surface area contributed by atoms with Crippen LogP contribution in [0.5, 0.6) is 0 Å². The van der Waals surface area contributed by atoms with Crippen LogP contribution in [0.25, 0.3) is 0 Å². The van der Waals surface area contributed by atoms with Gasteiger partial charge in [0.2, 0.25) is 0 Å². The first-order valence-corrected chi connectivity index (χ1v) is 35.5. The highest BCUT2D eigenvalue weighted by Gasteiger charge is 1.99. The molecule has 0 amide bonds. The van der Waals surface area contributed by atoms with Gasteiger partial charge in [0, 0.05) is 0 Å². The molecule has 0 aromatic heterocycles. The van der Waals surface area contributed by atoms with Crippen molar-refractivity contribution in [1.82, 2.24) is 10.6 Å². The van der Waals surface area contributed by atoms with Crippen LogP contribution in [0, 0.1) is 0 Å². The van der Waals surface area contributed by atoms with E-state index in [2.05, 4.69) is 62.6 Å². The van der Waals surface area contributed by atoms with Crippen molar-refractivity contribution in [2.24, 2.45) is 0 Å². The van der Waals surface area contributed by atoms with Crippen molar-refractivity contribution in [3.63, 3.8) is 0 Å². The lowest BCUT2D eigenvalue weighted by Crippen LogP contribution is -2.16. The summed E-state index contributed by atoms with van der Waals surface area (Å²) in [4.78, 5) is 0. The van der Waals surface area contributed by atoms with Crippen LogP contribution in [0.1, 0.15) is 413 Å². The van der Waals surface area contributed by atoms with Crippen molar-refractivity contribution in [2.45, 2.75) is 413 Å². The molecule has 0 fully saturated rings. The van der Waals surface area contributed by atoms with Gasteiger partial charge in [-0.25, -0.2) is 0 Å². The first kappa shape index (κ1) is 75.5. The van der Waals surface area contributed by atoms with Crippen molar-refractivity contribution in [3.05, 3.63) is 24.3 Å². The van der Waals surface area contributed by atoms with E-state index >= 15 is 0 Å². The molecule has 74 heavy (non-hydrogen) atoms. The molecule has 0 aliphatic carbocycles. The van der Waals surface area contributed by atoms with Gasteiger partial charge in [0.05, 0.1) is 0 Å². The summed E-state index contributed by atoms with van der Waals surface area (Å²) < 4.78 is 0. The minimum atomic E-state index is 1.23. The van der Waals surface area contributed by atoms with Crippen molar-refractivity contribution >= 4 is 0 Å². The topological polar surface area (TPSA) is 24.1 Å². The summed E-state index contributed by atoms with van der Waals surface area (Å²) in [6.45, 7) is 14.2. The molecule has 2 nitrogen and oxygen atoms in total. The lowest BCUT2D eigenvalue weighted by atomic mass is 10.0. The van der Waals surface area contributed by atoms with Gasteiger partial charge in [-0.15, -0.1) is 0 Å². The minimum Gasteiger partial charge on any atom is -0.317 e. The highest BCUT2D eigenvalue weighted by atomic mass is 14.8. The van der Waals surface area contributed by atoms with Gasteiger partial charge in [-0.05, 0) is 103 Å². The summed E-state index contributed by atoms with van der Waals surface area (Å²) in [5.41, 5.74) is 0. The summed E-state index contributed by atoms with van der Waals surface area (Å²) in [6.07, 6.45) is 95.5. The van der Waals surface area contributed by atoms with Crippen LogP contribution in [0.2, 0.25) is 0 Å². The van der Waals surface area contributed by atoms with E-state index in [9.17, 15) is 0 Å². The second-order valence-electron chi connectivity index (χ2n) is 24.0. The van der Waals surface area contributed by atoms with Crippen molar-refractivity contribution in [2.75, 3.05) is 26.2 Å². The summed E-state index contributed by atoms with van der Waals surface area (Å²) >= 11 is 0. The molecule has 0 bridgehead atoms. The number of hydrogen-bond acceptors (Lipinski definition) is 2. The van der Waals surface area contributed by atoms with E-state index in [1.165, 1.54) is 411 Å². The molecule has 0 saturated carbocycles. The Bertz CT molecular complexity index is 881. The summed E-state index contributed by atoms with van der Waals surface area (Å²) in [5, 5.41) is 7.35. The molecule has 0 radical (unpaired) electrons. The molecule has 0 heterocycles. The van der Waals surface area contributed by atoms with Crippen molar-refractivity contribution < 1.29 is 0 Å². The van der Waals surface area contributed by atoms with E-state index in [0.29, 0.717) is 0 Å². The Morgan fingerprint density at radius 3 is 0.419 bits per heavy atom. The molecule has 444 valence electrons. The Morgan fingerprint density at radius 1 is 0.149 bits per heavy atom. The highest BCUT2D eigenvalue weighted by Crippen LogP contribution is 2.17. The Labute approximate surface area is 471 Å². The molecule has 0 aromatic carbocycles. The molecular weight excluding hydrogens is 893 g/mol.